The van der Waals surface area contributed by atoms with E-state index in [0.29, 0.717) is 18.2 Å². The molecule has 152 valence electrons. The first-order chi connectivity index (χ1) is 14.5. The number of aromatic nitrogens is 1. The van der Waals surface area contributed by atoms with Crippen molar-refractivity contribution in [1.82, 2.24) is 9.88 Å². The van der Waals surface area contributed by atoms with E-state index >= 15 is 0 Å². The van der Waals surface area contributed by atoms with E-state index in [1.54, 1.807) is 24.1 Å². The predicted octanol–water partition coefficient (Wildman–Crippen LogP) is 5.64. The lowest BCUT2D eigenvalue weighted by molar-refractivity contribution is 0.0697. The fraction of sp³-hybridized carbons (Fsp3) is 0.167. The third-order valence-electron chi connectivity index (χ3n) is 4.88. The Hall–Kier alpha value is -3.31. The van der Waals surface area contributed by atoms with Gasteiger partial charge >= 0.3 is 0 Å². The van der Waals surface area contributed by atoms with Gasteiger partial charge in [0.1, 0.15) is 10.9 Å². The molecule has 0 bridgehead atoms. The molecule has 0 spiro atoms. The topological polar surface area (TPSA) is 55.6 Å². The average molecular weight is 421 g/mol. The lowest BCUT2D eigenvalue weighted by Gasteiger charge is -2.23. The molecule has 0 fully saturated rings. The molecule has 0 radical (unpaired) electrons. The quantitative estimate of drug-likeness (QED) is 0.379. The minimum Gasteiger partial charge on any atom is -0.497 e. The number of hydrogen-bond donors (Lipinski definition) is 0. The van der Waals surface area contributed by atoms with Gasteiger partial charge in [-0.25, -0.2) is 4.98 Å². The van der Waals surface area contributed by atoms with Crippen LogP contribution in [0.5, 0.6) is 5.75 Å². The second-order valence-corrected chi connectivity index (χ2v) is 7.48. The predicted molar refractivity (Wildman–Crippen MR) is 117 cm³/mol. The fourth-order valence-corrected chi connectivity index (χ4v) is 3.61. The van der Waals surface area contributed by atoms with Crippen molar-refractivity contribution in [3.05, 3.63) is 94.5 Å². The van der Waals surface area contributed by atoms with Gasteiger partial charge in [0.25, 0.3) is 5.91 Å². The summed E-state index contributed by atoms with van der Waals surface area (Å²) in [4.78, 5) is 19.3. The lowest BCUT2D eigenvalue weighted by atomic mass is 10.1. The summed E-state index contributed by atoms with van der Waals surface area (Å²) >= 11 is 6.47. The van der Waals surface area contributed by atoms with E-state index < -0.39 is 0 Å². The Morgan fingerprint density at radius 2 is 1.97 bits per heavy atom. The Balaban J connectivity index is 1.70. The second-order valence-electron chi connectivity index (χ2n) is 7.12. The van der Waals surface area contributed by atoms with Crippen LogP contribution in [0.3, 0.4) is 0 Å². The standard InChI is InChI=1S/C24H21ClN2O3/c1-16-5-3-6-17(11-16)14-27(24(28)22-7-4-10-30-22)15-19-12-18-13-20(29-2)8-9-21(18)26-23(19)25/h3-13H,14-15H2,1-2H3. The van der Waals surface area contributed by atoms with Crippen LogP contribution >= 0.6 is 11.6 Å². The van der Waals surface area contributed by atoms with Crippen LogP contribution in [0.25, 0.3) is 10.9 Å². The van der Waals surface area contributed by atoms with Crippen molar-refractivity contribution < 1.29 is 13.9 Å². The molecule has 0 unspecified atom stereocenters. The number of amides is 1. The Morgan fingerprint density at radius 3 is 2.70 bits per heavy atom. The van der Waals surface area contributed by atoms with Crippen molar-refractivity contribution in [2.24, 2.45) is 0 Å². The van der Waals surface area contributed by atoms with Crippen LogP contribution in [0, 0.1) is 6.92 Å². The number of fused-ring (bicyclic) bond motifs is 1. The van der Waals surface area contributed by atoms with Crippen LogP contribution in [-0.2, 0) is 13.1 Å². The van der Waals surface area contributed by atoms with Gasteiger partial charge in [-0.05, 0) is 48.9 Å². The number of halogens is 1. The van der Waals surface area contributed by atoms with Crippen molar-refractivity contribution >= 4 is 28.4 Å². The van der Waals surface area contributed by atoms with Crippen LogP contribution in [0.2, 0.25) is 5.15 Å². The van der Waals surface area contributed by atoms with Gasteiger partial charge in [-0.2, -0.15) is 0 Å². The summed E-state index contributed by atoms with van der Waals surface area (Å²) in [5.74, 6) is 0.818. The van der Waals surface area contributed by atoms with Gasteiger partial charge in [-0.1, -0.05) is 41.4 Å². The molecule has 5 nitrogen and oxygen atoms in total. The Morgan fingerprint density at radius 1 is 1.10 bits per heavy atom. The van der Waals surface area contributed by atoms with Gasteiger partial charge < -0.3 is 14.1 Å². The Bertz CT molecular complexity index is 1190. The Kier molecular flexibility index (Phi) is 5.72. The molecule has 1 amide bonds. The van der Waals surface area contributed by atoms with Crippen LogP contribution < -0.4 is 4.74 Å². The maximum atomic E-state index is 13.1. The molecule has 4 aromatic rings. The van der Waals surface area contributed by atoms with E-state index in [1.165, 1.54) is 6.26 Å². The molecule has 0 atom stereocenters. The number of carbonyl (C=O) groups excluding carboxylic acids is 1. The molecule has 0 saturated carbocycles. The molecular formula is C24H21ClN2O3. The normalized spacial score (nSPS) is 10.9. The molecule has 0 aliphatic rings. The van der Waals surface area contributed by atoms with Crippen molar-refractivity contribution in [2.45, 2.75) is 20.0 Å². The number of methoxy groups -OCH3 is 1. The first kappa shape index (κ1) is 20.0. The summed E-state index contributed by atoms with van der Waals surface area (Å²) in [7, 11) is 1.62. The van der Waals surface area contributed by atoms with Crippen LogP contribution in [0.1, 0.15) is 27.2 Å². The molecule has 4 rings (SSSR count). The van der Waals surface area contributed by atoms with Crippen molar-refractivity contribution in [1.29, 1.82) is 0 Å². The monoisotopic (exact) mass is 420 g/mol. The highest BCUT2D eigenvalue weighted by Crippen LogP contribution is 2.26. The van der Waals surface area contributed by atoms with Gasteiger partial charge in [-0.3, -0.25) is 4.79 Å². The summed E-state index contributed by atoms with van der Waals surface area (Å²) in [6, 6.07) is 19.0. The summed E-state index contributed by atoms with van der Waals surface area (Å²) in [5, 5.41) is 1.27. The molecule has 2 aromatic carbocycles. The molecule has 30 heavy (non-hydrogen) atoms. The van der Waals surface area contributed by atoms with Gasteiger partial charge in [0.15, 0.2) is 5.76 Å². The summed E-state index contributed by atoms with van der Waals surface area (Å²) in [5.41, 5.74) is 3.69. The SMILES string of the molecule is COc1ccc2nc(Cl)c(CN(Cc3cccc(C)c3)C(=O)c3ccco3)cc2c1. The summed E-state index contributed by atoms with van der Waals surface area (Å²) < 4.78 is 10.7. The first-order valence-electron chi connectivity index (χ1n) is 9.55. The van der Waals surface area contributed by atoms with Crippen molar-refractivity contribution in [3.63, 3.8) is 0 Å². The smallest absolute Gasteiger partial charge is 0.290 e. The number of nitrogens with zero attached hydrogens (tertiary/aromatic N) is 2. The van der Waals surface area contributed by atoms with E-state index in [1.807, 2.05) is 49.4 Å². The number of pyridine rings is 1. The zero-order valence-electron chi connectivity index (χ0n) is 16.8. The first-order valence-corrected chi connectivity index (χ1v) is 9.93. The van der Waals surface area contributed by atoms with Crippen LogP contribution in [0.15, 0.2) is 71.3 Å². The number of hydrogen-bond acceptors (Lipinski definition) is 4. The number of aryl methyl sites for hydroxylation is 1. The average Bonchev–Trinajstić information content (AvgIpc) is 3.28. The minimum absolute atomic E-state index is 0.205. The summed E-state index contributed by atoms with van der Waals surface area (Å²) in [6.07, 6.45) is 1.49. The van der Waals surface area contributed by atoms with Crippen LogP contribution in [-0.4, -0.2) is 22.9 Å². The number of carbonyl (C=O) groups is 1. The largest absolute Gasteiger partial charge is 0.497 e. The molecule has 0 saturated heterocycles. The maximum Gasteiger partial charge on any atom is 0.290 e. The second kappa shape index (κ2) is 8.59. The van der Waals surface area contributed by atoms with Gasteiger partial charge in [0.05, 0.1) is 18.9 Å². The highest BCUT2D eigenvalue weighted by atomic mass is 35.5. The van der Waals surface area contributed by atoms with Crippen molar-refractivity contribution in [3.8, 4) is 5.75 Å². The molecule has 2 aromatic heterocycles. The van der Waals surface area contributed by atoms with Crippen molar-refractivity contribution in [2.75, 3.05) is 7.11 Å². The third kappa shape index (κ3) is 4.31. The number of benzene rings is 2. The van der Waals surface area contributed by atoms with E-state index in [9.17, 15) is 4.79 Å². The maximum absolute atomic E-state index is 13.1. The molecule has 2 heterocycles. The Labute approximate surface area is 179 Å². The highest BCUT2D eigenvalue weighted by molar-refractivity contribution is 6.30. The number of furan rings is 1. The minimum atomic E-state index is -0.205. The molecule has 0 N–H and O–H groups in total. The van der Waals surface area contributed by atoms with E-state index in [4.69, 9.17) is 20.8 Å². The zero-order valence-corrected chi connectivity index (χ0v) is 17.5. The molecular weight excluding hydrogens is 400 g/mol. The van der Waals surface area contributed by atoms with E-state index in [-0.39, 0.29) is 11.7 Å². The number of rotatable bonds is 6. The van der Waals surface area contributed by atoms with Crippen LogP contribution in [0.4, 0.5) is 0 Å². The van der Waals surface area contributed by atoms with Gasteiger partial charge in [0, 0.05) is 24.0 Å². The zero-order chi connectivity index (χ0) is 21.1. The number of ether oxygens (including phenoxy) is 1. The molecule has 0 aliphatic carbocycles. The lowest BCUT2D eigenvalue weighted by Crippen LogP contribution is -2.30. The third-order valence-corrected chi connectivity index (χ3v) is 5.21. The molecule has 6 heteroatoms. The summed E-state index contributed by atoms with van der Waals surface area (Å²) in [6.45, 7) is 2.75. The van der Waals surface area contributed by atoms with Gasteiger partial charge in [0.2, 0.25) is 0 Å². The van der Waals surface area contributed by atoms with E-state index in [0.717, 1.165) is 33.3 Å². The molecule has 0 aliphatic heterocycles. The highest BCUT2D eigenvalue weighted by Gasteiger charge is 2.21. The van der Waals surface area contributed by atoms with E-state index in [2.05, 4.69) is 11.1 Å². The van der Waals surface area contributed by atoms with Gasteiger partial charge in [-0.15, -0.1) is 0 Å². The fourth-order valence-electron chi connectivity index (χ4n) is 3.40.